The molecular formula is C24H39NO3. The minimum Gasteiger partial charge on any atom is -0.411 e. The minimum atomic E-state index is -0.793. The van der Waals surface area contributed by atoms with Gasteiger partial charge >= 0.3 is 12.4 Å². The Hall–Kier alpha value is -1.42. The molecule has 0 saturated heterocycles. The number of carbonyl (C=O) groups is 1. The first-order chi connectivity index (χ1) is 13.5. The van der Waals surface area contributed by atoms with Crippen LogP contribution in [0.3, 0.4) is 0 Å². The molecule has 4 nitrogen and oxygen atoms in total. The lowest BCUT2D eigenvalue weighted by atomic mass is 9.84. The van der Waals surface area contributed by atoms with Crippen molar-refractivity contribution in [2.24, 2.45) is 10.4 Å². The molecule has 28 heavy (non-hydrogen) atoms. The van der Waals surface area contributed by atoms with E-state index in [0.29, 0.717) is 17.9 Å². The van der Waals surface area contributed by atoms with E-state index in [1.165, 1.54) is 64.2 Å². The normalized spacial score (nSPS) is 20.4. The number of aliphatic imine (C=N–C) groups is 1. The zero-order valence-corrected chi connectivity index (χ0v) is 18.2. The average Bonchev–Trinajstić information content (AvgIpc) is 2.66. The van der Waals surface area contributed by atoms with Crippen LogP contribution in [0.1, 0.15) is 97.8 Å². The summed E-state index contributed by atoms with van der Waals surface area (Å²) < 4.78 is 11.0. The number of fused-ring (bicyclic) bond motifs is 1. The van der Waals surface area contributed by atoms with E-state index in [9.17, 15) is 4.79 Å². The fraction of sp³-hybridized carbons (Fsp3) is 0.750. The van der Waals surface area contributed by atoms with Crippen molar-refractivity contribution in [1.29, 1.82) is 0 Å². The molecule has 4 heteroatoms. The number of nitrogens with zero attached hydrogens (tertiary/aromatic N) is 1. The second-order valence-electron chi connectivity index (χ2n) is 8.70. The van der Waals surface area contributed by atoms with Crippen molar-refractivity contribution in [1.82, 2.24) is 0 Å². The van der Waals surface area contributed by atoms with Crippen molar-refractivity contribution in [2.75, 3.05) is 6.61 Å². The number of ether oxygens (including phenoxy) is 2. The van der Waals surface area contributed by atoms with Crippen LogP contribution in [0.15, 0.2) is 28.8 Å². The van der Waals surface area contributed by atoms with E-state index < -0.39 is 6.41 Å². The fourth-order valence-corrected chi connectivity index (χ4v) is 3.65. The molecule has 0 bridgehead atoms. The van der Waals surface area contributed by atoms with Crippen LogP contribution in [0.25, 0.3) is 0 Å². The average molecular weight is 390 g/mol. The molecule has 1 heterocycles. The van der Waals surface area contributed by atoms with Crippen molar-refractivity contribution in [3.63, 3.8) is 0 Å². The highest BCUT2D eigenvalue weighted by Crippen LogP contribution is 2.29. The number of allylic oxidation sites excluding steroid dienone is 3. The molecule has 1 aliphatic carbocycles. The third-order valence-electron chi connectivity index (χ3n) is 5.39. The molecule has 158 valence electrons. The Balaban J connectivity index is 1.50. The van der Waals surface area contributed by atoms with Crippen molar-refractivity contribution < 1.29 is 14.3 Å². The molecule has 0 aromatic heterocycles. The van der Waals surface area contributed by atoms with Crippen molar-refractivity contribution >= 4 is 11.7 Å². The number of carbonyl (C=O) groups excluding carboxylic acids is 1. The zero-order valence-electron chi connectivity index (χ0n) is 18.2. The number of esters is 1. The monoisotopic (exact) mass is 389 g/mol. The van der Waals surface area contributed by atoms with Gasteiger partial charge in [-0.3, -0.25) is 0 Å². The van der Waals surface area contributed by atoms with Crippen LogP contribution in [0, 0.1) is 5.41 Å². The molecule has 0 amide bonds. The molecule has 0 radical (unpaired) electrons. The molecule has 0 fully saturated rings. The largest absolute Gasteiger partial charge is 0.411 e. The zero-order chi connectivity index (χ0) is 20.2. The Morgan fingerprint density at radius 3 is 2.14 bits per heavy atom. The third kappa shape index (κ3) is 8.30. The number of hydrogen-bond acceptors (Lipinski definition) is 4. The highest BCUT2D eigenvalue weighted by atomic mass is 16.7. The van der Waals surface area contributed by atoms with Crippen LogP contribution in [-0.4, -0.2) is 24.7 Å². The highest BCUT2D eigenvalue weighted by Gasteiger charge is 2.31. The molecule has 0 saturated carbocycles. The lowest BCUT2D eigenvalue weighted by Crippen LogP contribution is -2.32. The predicted molar refractivity (Wildman–Crippen MR) is 115 cm³/mol. The smallest absolute Gasteiger partial charge is 0.343 e. The van der Waals surface area contributed by atoms with Gasteiger partial charge in [-0.05, 0) is 12.5 Å². The summed E-state index contributed by atoms with van der Waals surface area (Å²) in [6, 6.07) is 0. The lowest BCUT2D eigenvalue weighted by Gasteiger charge is -2.27. The standard InChI is InChI=1S/C24H39NO3/c1-4-5-6-7-8-9-10-11-12-13-14-15-18-27-23-25-21-16-17-24(2,3)19-20(21)22(26)28-23/h16-17,19,23H,4-15,18H2,1-3H3. The summed E-state index contributed by atoms with van der Waals surface area (Å²) >= 11 is 0. The summed E-state index contributed by atoms with van der Waals surface area (Å²) in [7, 11) is 0. The topological polar surface area (TPSA) is 47.9 Å². The first-order valence-corrected chi connectivity index (χ1v) is 11.3. The Morgan fingerprint density at radius 2 is 1.54 bits per heavy atom. The van der Waals surface area contributed by atoms with Gasteiger partial charge in [-0.2, -0.15) is 0 Å². The molecule has 0 aromatic carbocycles. The van der Waals surface area contributed by atoms with Crippen LogP contribution < -0.4 is 0 Å². The molecule has 0 aromatic rings. The van der Waals surface area contributed by atoms with E-state index >= 15 is 0 Å². The predicted octanol–water partition coefficient (Wildman–Crippen LogP) is 6.51. The van der Waals surface area contributed by atoms with E-state index in [2.05, 4.69) is 31.8 Å². The molecule has 1 atom stereocenters. The van der Waals surface area contributed by atoms with E-state index in [1.807, 2.05) is 12.2 Å². The second-order valence-corrected chi connectivity index (χ2v) is 8.70. The Labute approximate surface area is 171 Å². The van der Waals surface area contributed by atoms with Crippen molar-refractivity contribution in [3.8, 4) is 0 Å². The first kappa shape index (κ1) is 22.9. The number of hydrogen-bond donors (Lipinski definition) is 0. The number of unbranched alkanes of at least 4 members (excludes halogenated alkanes) is 11. The van der Waals surface area contributed by atoms with Crippen LogP contribution in [0.5, 0.6) is 0 Å². The van der Waals surface area contributed by atoms with E-state index in [-0.39, 0.29) is 11.4 Å². The van der Waals surface area contributed by atoms with Gasteiger partial charge in [0.1, 0.15) is 0 Å². The van der Waals surface area contributed by atoms with Gasteiger partial charge in [0.2, 0.25) is 0 Å². The maximum absolute atomic E-state index is 12.2. The van der Waals surface area contributed by atoms with Gasteiger partial charge in [-0.1, -0.05) is 104 Å². The minimum absolute atomic E-state index is 0.143. The van der Waals surface area contributed by atoms with Gasteiger partial charge in [0, 0.05) is 5.41 Å². The molecule has 0 spiro atoms. The lowest BCUT2D eigenvalue weighted by molar-refractivity contribution is -0.173. The van der Waals surface area contributed by atoms with E-state index in [4.69, 9.17) is 9.47 Å². The van der Waals surface area contributed by atoms with E-state index in [0.717, 1.165) is 12.8 Å². The Morgan fingerprint density at radius 1 is 0.964 bits per heavy atom. The molecule has 0 N–H and O–H groups in total. The summed E-state index contributed by atoms with van der Waals surface area (Å²) in [5.41, 5.74) is 1.09. The molecular weight excluding hydrogens is 350 g/mol. The van der Waals surface area contributed by atoms with Gasteiger partial charge in [0.15, 0.2) is 0 Å². The SMILES string of the molecule is CCCCCCCCCCCCCCOC1N=C2C=CC(C)(C)C=C2C(=O)O1. The van der Waals surface area contributed by atoms with E-state index in [1.54, 1.807) is 0 Å². The number of cyclic esters (lactones) is 1. The molecule has 2 aliphatic rings. The summed E-state index contributed by atoms with van der Waals surface area (Å²) in [5.74, 6) is -0.331. The number of rotatable bonds is 14. The van der Waals surface area contributed by atoms with Crippen LogP contribution in [-0.2, 0) is 14.3 Å². The van der Waals surface area contributed by atoms with Gasteiger partial charge in [-0.25, -0.2) is 9.79 Å². The maximum atomic E-state index is 12.2. The van der Waals surface area contributed by atoms with Gasteiger partial charge in [-0.15, -0.1) is 0 Å². The maximum Gasteiger partial charge on any atom is 0.343 e. The van der Waals surface area contributed by atoms with Gasteiger partial charge < -0.3 is 9.47 Å². The quantitative estimate of drug-likeness (QED) is 0.251. The second kappa shape index (κ2) is 12.2. The fourth-order valence-electron chi connectivity index (χ4n) is 3.65. The van der Waals surface area contributed by atoms with Gasteiger partial charge in [0.05, 0.1) is 17.9 Å². The summed E-state index contributed by atoms with van der Waals surface area (Å²) in [6.45, 7) is 6.95. The third-order valence-corrected chi connectivity index (χ3v) is 5.39. The Kier molecular flexibility index (Phi) is 9.97. The molecule has 2 rings (SSSR count). The highest BCUT2D eigenvalue weighted by molar-refractivity contribution is 6.25. The molecule has 1 unspecified atom stereocenters. The summed E-state index contributed by atoms with van der Waals surface area (Å²) in [4.78, 5) is 16.6. The van der Waals surface area contributed by atoms with Crippen molar-refractivity contribution in [3.05, 3.63) is 23.8 Å². The summed E-state index contributed by atoms with van der Waals surface area (Å²) in [6.07, 6.45) is 20.8. The first-order valence-electron chi connectivity index (χ1n) is 11.3. The van der Waals surface area contributed by atoms with Crippen LogP contribution >= 0.6 is 0 Å². The molecule has 1 aliphatic heterocycles. The van der Waals surface area contributed by atoms with Gasteiger partial charge in [0.25, 0.3) is 0 Å². The Bertz CT molecular complexity index is 574. The van der Waals surface area contributed by atoms with Crippen LogP contribution in [0.4, 0.5) is 0 Å². The summed E-state index contributed by atoms with van der Waals surface area (Å²) in [5, 5.41) is 0. The van der Waals surface area contributed by atoms with Crippen molar-refractivity contribution in [2.45, 2.75) is 104 Å². The van der Waals surface area contributed by atoms with Crippen LogP contribution in [0.2, 0.25) is 0 Å².